The monoisotopic (exact) mass is 484 g/mol. The fraction of sp³-hybridized carbons (Fsp3) is 0.731. The molecule has 0 spiro atoms. The normalized spacial score (nSPS) is 26.3. The quantitative estimate of drug-likeness (QED) is 0.410. The number of pyridine rings is 1. The lowest BCUT2D eigenvalue weighted by molar-refractivity contribution is 0.150. The molecule has 2 aromatic heterocycles. The fourth-order valence-corrected chi connectivity index (χ4v) is 6.21. The Morgan fingerprint density at radius 3 is 2.69 bits per heavy atom. The van der Waals surface area contributed by atoms with Crippen molar-refractivity contribution in [2.45, 2.75) is 102 Å². The largest absolute Gasteiger partial charge is 0.771 e. The van der Waals surface area contributed by atoms with E-state index in [2.05, 4.69) is 50.8 Å². The summed E-state index contributed by atoms with van der Waals surface area (Å²) in [6.07, 6.45) is 9.93. The Balaban J connectivity index is 1.25. The van der Waals surface area contributed by atoms with E-state index in [4.69, 9.17) is 0 Å². The number of likely N-dealkylation sites (tertiary alicyclic amines) is 1. The number of fused-ring (bicyclic) bond motifs is 1. The standard InChI is InChI=1S/C26H39FN7O/c1-17(2)26-30-29-18(3)33(26)22-10-12-32(24-15-20(24)14-22)13-11-23(19-8-9-25(27)28-16-19)31-34(35)21-6-4-5-7-21/h8-9,16-17,20-24,31H,4-7,10-15H2,1-3H3/q-1/t20?,22?,23-,24?/m0/s1. The molecule has 0 bridgehead atoms. The minimum Gasteiger partial charge on any atom is -0.771 e. The van der Waals surface area contributed by atoms with Crippen LogP contribution in [0.4, 0.5) is 4.39 Å². The van der Waals surface area contributed by atoms with E-state index in [1.807, 2.05) is 0 Å². The third-order valence-electron chi connectivity index (χ3n) is 8.25. The van der Waals surface area contributed by atoms with Gasteiger partial charge >= 0.3 is 0 Å². The van der Waals surface area contributed by atoms with Crippen LogP contribution in [0.1, 0.15) is 100 Å². The van der Waals surface area contributed by atoms with Crippen molar-refractivity contribution in [1.82, 2.24) is 35.2 Å². The van der Waals surface area contributed by atoms with Crippen LogP contribution in [0.25, 0.3) is 0 Å². The summed E-state index contributed by atoms with van der Waals surface area (Å²) < 4.78 is 15.9. The third-order valence-corrected chi connectivity index (χ3v) is 8.25. The van der Waals surface area contributed by atoms with Gasteiger partial charge in [0.15, 0.2) is 0 Å². The number of halogens is 1. The number of hydroxylamine groups is 1. The Bertz CT molecular complexity index is 975. The molecule has 1 saturated heterocycles. The van der Waals surface area contributed by atoms with Crippen LogP contribution < -0.4 is 5.43 Å². The van der Waals surface area contributed by atoms with Crippen molar-refractivity contribution in [3.8, 4) is 0 Å². The van der Waals surface area contributed by atoms with Gasteiger partial charge in [-0.05, 0) is 63.0 Å². The van der Waals surface area contributed by atoms with Crippen molar-refractivity contribution in [3.63, 3.8) is 0 Å². The Kier molecular flexibility index (Phi) is 7.48. The van der Waals surface area contributed by atoms with Gasteiger partial charge in [-0.3, -0.25) is 10.3 Å². The summed E-state index contributed by atoms with van der Waals surface area (Å²) in [6.45, 7) is 8.37. The fourth-order valence-electron chi connectivity index (χ4n) is 6.21. The molecule has 2 aromatic rings. The van der Waals surface area contributed by atoms with Gasteiger partial charge in [0.2, 0.25) is 5.95 Å². The van der Waals surface area contributed by atoms with Crippen molar-refractivity contribution < 1.29 is 4.39 Å². The highest BCUT2D eigenvalue weighted by Gasteiger charge is 2.45. The molecule has 9 heteroatoms. The molecule has 2 aliphatic carbocycles. The van der Waals surface area contributed by atoms with Crippen molar-refractivity contribution in [2.75, 3.05) is 13.1 Å². The molecule has 1 aliphatic heterocycles. The van der Waals surface area contributed by atoms with E-state index in [9.17, 15) is 9.60 Å². The molecule has 35 heavy (non-hydrogen) atoms. The maximum absolute atomic E-state index is 13.5. The average molecular weight is 485 g/mol. The Morgan fingerprint density at radius 1 is 1.17 bits per heavy atom. The summed E-state index contributed by atoms with van der Waals surface area (Å²) in [5.41, 5.74) is 4.07. The number of aromatic nitrogens is 4. The minimum absolute atomic E-state index is 0.0276. The van der Waals surface area contributed by atoms with E-state index in [1.165, 1.54) is 18.9 Å². The predicted molar refractivity (Wildman–Crippen MR) is 133 cm³/mol. The molecule has 4 atom stereocenters. The van der Waals surface area contributed by atoms with Gasteiger partial charge in [0.25, 0.3) is 0 Å². The SMILES string of the molecule is Cc1nnc(C(C)C)n1C1CCN(CC[C@H](NN([O-])C2CCCC2)c2ccc(F)nc2)C2CC2C1. The number of hydrogen-bond donors (Lipinski definition) is 1. The van der Waals surface area contributed by atoms with E-state index < -0.39 is 5.95 Å². The summed E-state index contributed by atoms with van der Waals surface area (Å²) >= 11 is 0. The summed E-state index contributed by atoms with van der Waals surface area (Å²) in [7, 11) is 0. The molecular weight excluding hydrogens is 445 g/mol. The highest BCUT2D eigenvalue weighted by molar-refractivity contribution is 5.15. The van der Waals surface area contributed by atoms with Crippen LogP contribution in [0.5, 0.6) is 0 Å². The number of hydrazine groups is 1. The molecular formula is C26H39FN7O-. The molecule has 3 heterocycles. The third kappa shape index (κ3) is 5.58. The van der Waals surface area contributed by atoms with Crippen molar-refractivity contribution in [1.29, 1.82) is 0 Å². The maximum atomic E-state index is 13.5. The van der Waals surface area contributed by atoms with Gasteiger partial charge in [-0.1, -0.05) is 32.8 Å². The van der Waals surface area contributed by atoms with E-state index in [1.54, 1.807) is 12.3 Å². The molecule has 0 aromatic carbocycles. The summed E-state index contributed by atoms with van der Waals surface area (Å²) in [6, 6.07) is 4.05. The lowest BCUT2D eigenvalue weighted by Crippen LogP contribution is -2.43. The Hall–Kier alpha value is -1.94. The van der Waals surface area contributed by atoms with Crippen LogP contribution in [-0.2, 0) is 0 Å². The highest BCUT2D eigenvalue weighted by Crippen LogP contribution is 2.46. The highest BCUT2D eigenvalue weighted by atomic mass is 19.1. The second-order valence-corrected chi connectivity index (χ2v) is 11.1. The first-order valence-corrected chi connectivity index (χ1v) is 13.4. The Labute approximate surface area is 207 Å². The molecule has 2 saturated carbocycles. The van der Waals surface area contributed by atoms with Gasteiger partial charge in [0.05, 0.1) is 0 Å². The van der Waals surface area contributed by atoms with E-state index in [-0.39, 0.29) is 12.1 Å². The second-order valence-electron chi connectivity index (χ2n) is 11.1. The molecule has 1 N–H and O–H groups in total. The van der Waals surface area contributed by atoms with Gasteiger partial charge in [0, 0.05) is 49.4 Å². The van der Waals surface area contributed by atoms with Gasteiger partial charge in [-0.2, -0.15) is 4.39 Å². The lowest BCUT2D eigenvalue weighted by atomic mass is 10.1. The zero-order chi connectivity index (χ0) is 24.5. The first-order valence-electron chi connectivity index (χ1n) is 13.4. The number of rotatable bonds is 9. The summed E-state index contributed by atoms with van der Waals surface area (Å²) in [4.78, 5) is 6.46. The van der Waals surface area contributed by atoms with Gasteiger partial charge in [-0.15, -0.1) is 10.2 Å². The minimum atomic E-state index is -0.494. The van der Waals surface area contributed by atoms with Crippen molar-refractivity contribution >= 4 is 0 Å². The summed E-state index contributed by atoms with van der Waals surface area (Å²) in [5, 5.41) is 22.8. The van der Waals surface area contributed by atoms with E-state index in [0.717, 1.165) is 74.0 Å². The molecule has 8 nitrogen and oxygen atoms in total. The van der Waals surface area contributed by atoms with Crippen LogP contribution in [0, 0.1) is 24.0 Å². The molecule has 0 amide bonds. The molecule has 5 rings (SSSR count). The number of aryl methyl sites for hydroxylation is 1. The van der Waals surface area contributed by atoms with Gasteiger partial charge < -0.3 is 14.9 Å². The van der Waals surface area contributed by atoms with Gasteiger partial charge in [0.1, 0.15) is 11.6 Å². The summed E-state index contributed by atoms with van der Waals surface area (Å²) in [5.74, 6) is 2.68. The first-order chi connectivity index (χ1) is 16.9. The van der Waals surface area contributed by atoms with Crippen LogP contribution in [-0.4, -0.2) is 55.0 Å². The van der Waals surface area contributed by atoms with Gasteiger partial charge in [-0.25, -0.2) is 4.98 Å². The smallest absolute Gasteiger partial charge is 0.212 e. The molecule has 192 valence electrons. The zero-order valence-corrected chi connectivity index (χ0v) is 21.2. The molecule has 0 radical (unpaired) electrons. The van der Waals surface area contributed by atoms with Crippen LogP contribution in [0.3, 0.4) is 0 Å². The molecule has 3 aliphatic rings. The van der Waals surface area contributed by atoms with Crippen LogP contribution in [0.2, 0.25) is 0 Å². The maximum Gasteiger partial charge on any atom is 0.212 e. The zero-order valence-electron chi connectivity index (χ0n) is 21.2. The average Bonchev–Trinajstić information content (AvgIpc) is 3.22. The van der Waals surface area contributed by atoms with Crippen LogP contribution in [0.15, 0.2) is 18.3 Å². The van der Waals surface area contributed by atoms with E-state index in [0.29, 0.717) is 23.9 Å². The topological polar surface area (TPSA) is 85.2 Å². The van der Waals surface area contributed by atoms with Crippen LogP contribution >= 0.6 is 0 Å². The van der Waals surface area contributed by atoms with E-state index >= 15 is 0 Å². The number of hydrogen-bond acceptors (Lipinski definition) is 7. The molecule has 3 unspecified atom stereocenters. The lowest BCUT2D eigenvalue weighted by Gasteiger charge is -2.39. The number of nitrogens with one attached hydrogen (secondary N) is 1. The first kappa shape index (κ1) is 24.7. The number of nitrogens with zero attached hydrogens (tertiary/aromatic N) is 6. The molecule has 3 fully saturated rings. The van der Waals surface area contributed by atoms with Crippen molar-refractivity contribution in [3.05, 3.63) is 46.7 Å². The van der Waals surface area contributed by atoms with Crippen molar-refractivity contribution in [2.24, 2.45) is 5.92 Å². The second kappa shape index (κ2) is 10.6. The Morgan fingerprint density at radius 2 is 1.97 bits per heavy atom. The predicted octanol–water partition coefficient (Wildman–Crippen LogP) is 4.65.